The molecule has 2 aliphatic heterocycles. The fraction of sp³-hybridized carbons (Fsp3) is 0.750. The van der Waals surface area contributed by atoms with Gasteiger partial charge in [0.05, 0.1) is 6.04 Å². The maximum absolute atomic E-state index is 12.5. The first-order valence-electron chi connectivity index (χ1n) is 9.98. The number of rotatable bonds is 4. The molecule has 5 heteroatoms. The Hall–Kier alpha value is -1.49. The summed E-state index contributed by atoms with van der Waals surface area (Å²) in [6.07, 6.45) is 7.50. The van der Waals surface area contributed by atoms with Crippen LogP contribution < -0.4 is 4.90 Å². The minimum absolute atomic E-state index is 0.243. The maximum Gasteiger partial charge on any atom is 0.228 e. The van der Waals surface area contributed by atoms with Gasteiger partial charge in [-0.05, 0) is 65.3 Å². The summed E-state index contributed by atoms with van der Waals surface area (Å²) in [7, 11) is 0. The molecular weight excluding hydrogens is 312 g/mol. The summed E-state index contributed by atoms with van der Waals surface area (Å²) in [5.74, 6) is 2.77. The molecule has 1 atom stereocenters. The molecule has 4 rings (SSSR count). The average Bonchev–Trinajstić information content (AvgIpc) is 3.41. The number of carbonyl (C=O) groups excluding carboxylic acids is 1. The lowest BCUT2D eigenvalue weighted by molar-refractivity contribution is -0.119. The third-order valence-corrected chi connectivity index (χ3v) is 6.00. The molecule has 1 saturated carbocycles. The summed E-state index contributed by atoms with van der Waals surface area (Å²) in [5, 5.41) is 0. The predicted octanol–water partition coefficient (Wildman–Crippen LogP) is 3.41. The number of amides is 1. The lowest BCUT2D eigenvalue weighted by atomic mass is 9.98. The van der Waals surface area contributed by atoms with Gasteiger partial charge in [0, 0.05) is 30.3 Å². The van der Waals surface area contributed by atoms with E-state index in [0.29, 0.717) is 18.4 Å². The van der Waals surface area contributed by atoms with Gasteiger partial charge in [-0.25, -0.2) is 9.97 Å². The number of aryl methyl sites for hydroxylation is 1. The van der Waals surface area contributed by atoms with Crippen LogP contribution in [0, 0.1) is 12.8 Å². The van der Waals surface area contributed by atoms with Gasteiger partial charge >= 0.3 is 0 Å². The summed E-state index contributed by atoms with van der Waals surface area (Å²) in [4.78, 5) is 26.9. The van der Waals surface area contributed by atoms with E-state index in [0.717, 1.165) is 43.3 Å². The number of anilines is 1. The SMILES string of the molecule is Cc1nc([C@@H]2CCCCN2C(C)C)nc2c1CCC(=O)N2CC1CC1. The van der Waals surface area contributed by atoms with Crippen molar-refractivity contribution in [3.05, 3.63) is 17.1 Å². The quantitative estimate of drug-likeness (QED) is 0.841. The molecule has 1 aliphatic carbocycles. The van der Waals surface area contributed by atoms with E-state index < -0.39 is 0 Å². The third kappa shape index (κ3) is 3.31. The third-order valence-electron chi connectivity index (χ3n) is 6.00. The fourth-order valence-corrected chi connectivity index (χ4v) is 4.35. The first-order chi connectivity index (χ1) is 12.0. The van der Waals surface area contributed by atoms with Gasteiger partial charge in [0.25, 0.3) is 0 Å². The van der Waals surface area contributed by atoms with Crippen molar-refractivity contribution in [3.8, 4) is 0 Å². The van der Waals surface area contributed by atoms with Gasteiger partial charge in [0.15, 0.2) is 0 Å². The summed E-state index contributed by atoms with van der Waals surface area (Å²) in [5.41, 5.74) is 2.26. The standard InChI is InChI=1S/C20H30N4O/c1-13(2)23-11-5-4-6-17(23)19-21-14(3)16-9-10-18(25)24(20(16)22-19)12-15-7-8-15/h13,15,17H,4-12H2,1-3H3/t17-/m0/s1. The highest BCUT2D eigenvalue weighted by Gasteiger charge is 2.35. The van der Waals surface area contributed by atoms with Crippen molar-refractivity contribution in [1.29, 1.82) is 0 Å². The zero-order valence-electron chi connectivity index (χ0n) is 15.8. The van der Waals surface area contributed by atoms with E-state index in [1.54, 1.807) is 0 Å². The molecule has 1 saturated heterocycles. The van der Waals surface area contributed by atoms with Gasteiger partial charge in [-0.2, -0.15) is 0 Å². The molecule has 25 heavy (non-hydrogen) atoms. The second-order valence-corrected chi connectivity index (χ2v) is 8.26. The van der Waals surface area contributed by atoms with E-state index >= 15 is 0 Å². The van der Waals surface area contributed by atoms with Gasteiger partial charge in [-0.1, -0.05) is 6.42 Å². The van der Waals surface area contributed by atoms with Crippen molar-refractivity contribution >= 4 is 11.7 Å². The number of nitrogens with zero attached hydrogens (tertiary/aromatic N) is 4. The minimum atomic E-state index is 0.243. The van der Waals surface area contributed by atoms with Crippen molar-refractivity contribution in [2.24, 2.45) is 5.92 Å². The molecule has 5 nitrogen and oxygen atoms in total. The number of hydrogen-bond donors (Lipinski definition) is 0. The van der Waals surface area contributed by atoms with E-state index in [-0.39, 0.29) is 11.9 Å². The topological polar surface area (TPSA) is 49.3 Å². The van der Waals surface area contributed by atoms with Crippen LogP contribution in [-0.2, 0) is 11.2 Å². The molecule has 1 aromatic heterocycles. The van der Waals surface area contributed by atoms with Gasteiger partial charge in [-0.3, -0.25) is 14.6 Å². The summed E-state index contributed by atoms with van der Waals surface area (Å²) >= 11 is 0. The first-order valence-corrected chi connectivity index (χ1v) is 9.98. The Bertz CT molecular complexity index is 668. The molecule has 2 fully saturated rings. The lowest BCUT2D eigenvalue weighted by Gasteiger charge is -2.38. The van der Waals surface area contributed by atoms with Gasteiger partial charge < -0.3 is 0 Å². The van der Waals surface area contributed by atoms with E-state index in [1.165, 1.54) is 31.2 Å². The van der Waals surface area contributed by atoms with Crippen molar-refractivity contribution in [1.82, 2.24) is 14.9 Å². The highest BCUT2D eigenvalue weighted by Crippen LogP contribution is 2.37. The van der Waals surface area contributed by atoms with Crippen LogP contribution in [0.3, 0.4) is 0 Å². The highest BCUT2D eigenvalue weighted by molar-refractivity contribution is 5.95. The summed E-state index contributed by atoms with van der Waals surface area (Å²) in [6.45, 7) is 8.57. The molecule has 0 aromatic carbocycles. The molecule has 3 aliphatic rings. The van der Waals surface area contributed by atoms with E-state index in [1.807, 2.05) is 4.90 Å². The molecule has 0 unspecified atom stereocenters. The fourth-order valence-electron chi connectivity index (χ4n) is 4.35. The lowest BCUT2D eigenvalue weighted by Crippen LogP contribution is -2.41. The van der Waals surface area contributed by atoms with E-state index in [9.17, 15) is 4.79 Å². The highest BCUT2D eigenvalue weighted by atomic mass is 16.2. The Morgan fingerprint density at radius 1 is 1.12 bits per heavy atom. The van der Waals surface area contributed by atoms with Gasteiger partial charge in [-0.15, -0.1) is 0 Å². The normalized spacial score (nSPS) is 24.7. The number of piperidine rings is 1. The molecule has 0 spiro atoms. The predicted molar refractivity (Wildman–Crippen MR) is 98.6 cm³/mol. The number of carbonyl (C=O) groups is 1. The van der Waals surface area contributed by atoms with Crippen LogP contribution in [0.15, 0.2) is 0 Å². The second kappa shape index (κ2) is 6.67. The minimum Gasteiger partial charge on any atom is -0.296 e. The molecule has 0 radical (unpaired) electrons. The Balaban J connectivity index is 1.71. The van der Waals surface area contributed by atoms with Gasteiger partial charge in [0.1, 0.15) is 11.6 Å². The van der Waals surface area contributed by atoms with Crippen LogP contribution in [0.4, 0.5) is 5.82 Å². The summed E-state index contributed by atoms with van der Waals surface area (Å²) < 4.78 is 0. The summed E-state index contributed by atoms with van der Waals surface area (Å²) in [6, 6.07) is 0.784. The van der Waals surface area contributed by atoms with Crippen molar-refractivity contribution in [3.63, 3.8) is 0 Å². The molecule has 0 N–H and O–H groups in total. The molecule has 1 amide bonds. The molecule has 136 valence electrons. The average molecular weight is 342 g/mol. The van der Waals surface area contributed by atoms with E-state index in [4.69, 9.17) is 9.97 Å². The second-order valence-electron chi connectivity index (χ2n) is 8.26. The number of fused-ring (bicyclic) bond motifs is 1. The number of hydrogen-bond acceptors (Lipinski definition) is 4. The molecular formula is C20H30N4O. The zero-order chi connectivity index (χ0) is 17.6. The van der Waals surface area contributed by atoms with Crippen LogP contribution in [0.2, 0.25) is 0 Å². The Labute approximate surface area is 150 Å². The number of likely N-dealkylation sites (tertiary alicyclic amines) is 1. The monoisotopic (exact) mass is 342 g/mol. The largest absolute Gasteiger partial charge is 0.296 e. The maximum atomic E-state index is 12.5. The van der Waals surface area contributed by atoms with Crippen LogP contribution in [0.25, 0.3) is 0 Å². The first kappa shape index (κ1) is 17.0. The van der Waals surface area contributed by atoms with Crippen LogP contribution in [0.1, 0.15) is 75.5 Å². The molecule has 1 aromatic rings. The Morgan fingerprint density at radius 2 is 1.92 bits per heavy atom. The molecule has 3 heterocycles. The Morgan fingerprint density at radius 3 is 2.64 bits per heavy atom. The van der Waals surface area contributed by atoms with Gasteiger partial charge in [0.2, 0.25) is 5.91 Å². The van der Waals surface area contributed by atoms with Crippen molar-refractivity contribution in [2.75, 3.05) is 18.0 Å². The van der Waals surface area contributed by atoms with E-state index in [2.05, 4.69) is 25.7 Å². The smallest absolute Gasteiger partial charge is 0.228 e. The number of aromatic nitrogens is 2. The Kier molecular flexibility index (Phi) is 4.52. The molecule has 0 bridgehead atoms. The van der Waals surface area contributed by atoms with Crippen LogP contribution in [-0.4, -0.2) is 39.9 Å². The van der Waals surface area contributed by atoms with Crippen LogP contribution >= 0.6 is 0 Å². The zero-order valence-corrected chi connectivity index (χ0v) is 15.8. The van der Waals surface area contributed by atoms with Crippen molar-refractivity contribution < 1.29 is 4.79 Å². The van der Waals surface area contributed by atoms with Crippen molar-refractivity contribution in [2.45, 2.75) is 77.8 Å². The van der Waals surface area contributed by atoms with Crippen LogP contribution in [0.5, 0.6) is 0 Å².